The number of aromatic nitrogens is 2. The number of carbonyl (C=O) groups is 1. The standard InChI is InChI=1S/C18H21N7O4S/c1-18(2,3)23-30(27,28)15-7-5-4-6-14(15)16-20-8-12(9-21-16)25-11-13(10-22-24-19)29-17(25)26/h4-9,13,23H,10-11H2,1-3H3/t13-/m0/s1. The Morgan fingerprint density at radius 3 is 2.60 bits per heavy atom. The number of hydrogen-bond acceptors (Lipinski definition) is 7. The maximum atomic E-state index is 12.8. The van der Waals surface area contributed by atoms with E-state index in [0.717, 1.165) is 0 Å². The zero-order valence-electron chi connectivity index (χ0n) is 16.7. The molecule has 2 heterocycles. The average molecular weight is 431 g/mol. The zero-order valence-corrected chi connectivity index (χ0v) is 17.5. The number of sulfonamides is 1. The molecular weight excluding hydrogens is 410 g/mol. The lowest BCUT2D eigenvalue weighted by Gasteiger charge is -2.21. The van der Waals surface area contributed by atoms with Gasteiger partial charge < -0.3 is 4.74 Å². The monoisotopic (exact) mass is 431 g/mol. The molecule has 1 aromatic heterocycles. The van der Waals surface area contributed by atoms with Gasteiger partial charge in [-0.15, -0.1) is 0 Å². The predicted octanol–water partition coefficient (Wildman–Crippen LogP) is 2.86. The molecule has 158 valence electrons. The number of anilines is 1. The van der Waals surface area contributed by atoms with Crippen LogP contribution < -0.4 is 9.62 Å². The summed E-state index contributed by atoms with van der Waals surface area (Å²) in [4.78, 5) is 24.6. The second-order valence-corrected chi connectivity index (χ2v) is 9.30. The Kier molecular flexibility index (Phi) is 5.92. The quantitative estimate of drug-likeness (QED) is 0.422. The van der Waals surface area contributed by atoms with Crippen LogP contribution in [-0.2, 0) is 14.8 Å². The Labute approximate surface area is 173 Å². The third kappa shape index (κ3) is 4.85. The van der Waals surface area contributed by atoms with Crippen molar-refractivity contribution in [3.05, 3.63) is 47.1 Å². The Morgan fingerprint density at radius 1 is 1.30 bits per heavy atom. The molecular formula is C18H21N7O4S. The van der Waals surface area contributed by atoms with E-state index in [1.165, 1.54) is 23.4 Å². The fourth-order valence-electron chi connectivity index (χ4n) is 2.90. The van der Waals surface area contributed by atoms with Crippen molar-refractivity contribution >= 4 is 21.8 Å². The first-order valence-corrected chi connectivity index (χ1v) is 10.5. The van der Waals surface area contributed by atoms with Crippen molar-refractivity contribution in [1.29, 1.82) is 0 Å². The Hall–Kier alpha value is -3.21. The predicted molar refractivity (Wildman–Crippen MR) is 109 cm³/mol. The van der Waals surface area contributed by atoms with E-state index < -0.39 is 27.8 Å². The molecule has 11 nitrogen and oxygen atoms in total. The van der Waals surface area contributed by atoms with Gasteiger partial charge >= 0.3 is 6.09 Å². The third-order valence-electron chi connectivity index (χ3n) is 4.03. The molecule has 1 aliphatic heterocycles. The van der Waals surface area contributed by atoms with Crippen molar-refractivity contribution in [2.75, 3.05) is 18.0 Å². The highest BCUT2D eigenvalue weighted by Crippen LogP contribution is 2.27. The second kappa shape index (κ2) is 8.27. The Morgan fingerprint density at radius 2 is 1.97 bits per heavy atom. The molecule has 1 aliphatic rings. The second-order valence-electron chi connectivity index (χ2n) is 7.65. The topological polar surface area (TPSA) is 150 Å². The maximum Gasteiger partial charge on any atom is 0.414 e. The number of rotatable bonds is 6. The summed E-state index contributed by atoms with van der Waals surface area (Å²) in [6.45, 7) is 5.49. The van der Waals surface area contributed by atoms with E-state index in [4.69, 9.17) is 10.3 Å². The SMILES string of the molecule is CC(C)(C)NS(=O)(=O)c1ccccc1-c1ncc(N2C[C@H](CN=[N+]=[N-])OC2=O)cn1. The molecule has 12 heteroatoms. The molecule has 0 radical (unpaired) electrons. The Balaban J connectivity index is 1.88. The molecule has 0 unspecified atom stereocenters. The first-order chi connectivity index (χ1) is 14.1. The number of azide groups is 1. The number of amides is 1. The highest BCUT2D eigenvalue weighted by atomic mass is 32.2. The largest absolute Gasteiger partial charge is 0.444 e. The number of hydrogen-bond donors (Lipinski definition) is 1. The van der Waals surface area contributed by atoms with Crippen molar-refractivity contribution < 1.29 is 17.9 Å². The maximum absolute atomic E-state index is 12.8. The summed E-state index contributed by atoms with van der Waals surface area (Å²) in [7, 11) is -3.80. The molecule has 0 spiro atoms. The average Bonchev–Trinajstić information content (AvgIpc) is 3.05. The van der Waals surface area contributed by atoms with E-state index >= 15 is 0 Å². The lowest BCUT2D eigenvalue weighted by Crippen LogP contribution is -2.40. The van der Waals surface area contributed by atoms with Gasteiger partial charge in [-0.05, 0) is 38.4 Å². The van der Waals surface area contributed by atoms with Gasteiger partial charge in [0.15, 0.2) is 5.82 Å². The molecule has 0 bridgehead atoms. The van der Waals surface area contributed by atoms with Crippen LogP contribution in [0.4, 0.5) is 10.5 Å². The van der Waals surface area contributed by atoms with Crippen LogP contribution in [0.2, 0.25) is 0 Å². The molecule has 1 amide bonds. The van der Waals surface area contributed by atoms with Crippen LogP contribution in [0.3, 0.4) is 0 Å². The molecule has 1 saturated heterocycles. The van der Waals surface area contributed by atoms with Crippen molar-refractivity contribution in [3.8, 4) is 11.4 Å². The van der Waals surface area contributed by atoms with Gasteiger partial charge in [0.25, 0.3) is 0 Å². The molecule has 0 saturated carbocycles. The highest BCUT2D eigenvalue weighted by molar-refractivity contribution is 7.89. The minimum atomic E-state index is -3.80. The molecule has 1 N–H and O–H groups in total. The van der Waals surface area contributed by atoms with Crippen molar-refractivity contribution in [2.24, 2.45) is 5.11 Å². The van der Waals surface area contributed by atoms with Crippen LogP contribution in [0.15, 0.2) is 46.7 Å². The van der Waals surface area contributed by atoms with E-state index in [2.05, 4.69) is 24.7 Å². The number of ether oxygens (including phenoxy) is 1. The van der Waals surface area contributed by atoms with Crippen LogP contribution in [0, 0.1) is 0 Å². The Bertz CT molecular complexity index is 1090. The number of benzene rings is 1. The van der Waals surface area contributed by atoms with Crippen LogP contribution in [0.5, 0.6) is 0 Å². The molecule has 30 heavy (non-hydrogen) atoms. The number of nitrogens with zero attached hydrogens (tertiary/aromatic N) is 6. The molecule has 3 rings (SSSR count). The minimum Gasteiger partial charge on any atom is -0.444 e. The normalized spacial score (nSPS) is 16.8. The third-order valence-corrected chi connectivity index (χ3v) is 5.85. The van der Waals surface area contributed by atoms with Gasteiger partial charge in [-0.25, -0.2) is 27.9 Å². The fourth-order valence-corrected chi connectivity index (χ4v) is 4.52. The summed E-state index contributed by atoms with van der Waals surface area (Å²) in [5, 5.41) is 3.41. The molecule has 2 aromatic rings. The minimum absolute atomic E-state index is 0.0314. The van der Waals surface area contributed by atoms with Gasteiger partial charge in [0.05, 0.1) is 36.1 Å². The summed E-state index contributed by atoms with van der Waals surface area (Å²) in [6.07, 6.45) is 1.68. The summed E-state index contributed by atoms with van der Waals surface area (Å²) >= 11 is 0. The molecule has 1 atom stereocenters. The fraction of sp³-hybridized carbons (Fsp3) is 0.389. The van der Waals surface area contributed by atoms with Gasteiger partial charge in [-0.3, -0.25) is 4.90 Å². The summed E-state index contributed by atoms with van der Waals surface area (Å²) in [6, 6.07) is 6.42. The van der Waals surface area contributed by atoms with Gasteiger partial charge in [-0.1, -0.05) is 17.2 Å². The first-order valence-electron chi connectivity index (χ1n) is 9.05. The number of cyclic esters (lactones) is 1. The highest BCUT2D eigenvalue weighted by Gasteiger charge is 2.32. The summed E-state index contributed by atoms with van der Waals surface area (Å²) < 4.78 is 33.4. The van der Waals surface area contributed by atoms with Gasteiger partial charge in [0.2, 0.25) is 10.0 Å². The first kappa shape index (κ1) is 21.5. The van der Waals surface area contributed by atoms with E-state index in [9.17, 15) is 13.2 Å². The summed E-state index contributed by atoms with van der Waals surface area (Å²) in [5.41, 5.74) is 8.47. The van der Waals surface area contributed by atoms with E-state index in [0.29, 0.717) is 11.3 Å². The summed E-state index contributed by atoms with van der Waals surface area (Å²) in [5.74, 6) is 0.201. The van der Waals surface area contributed by atoms with Crippen LogP contribution in [0.25, 0.3) is 21.8 Å². The zero-order chi connectivity index (χ0) is 21.9. The number of carbonyl (C=O) groups excluding carboxylic acids is 1. The van der Waals surface area contributed by atoms with Crippen LogP contribution >= 0.6 is 0 Å². The van der Waals surface area contributed by atoms with E-state index in [1.807, 2.05) is 0 Å². The lowest BCUT2D eigenvalue weighted by atomic mass is 10.1. The van der Waals surface area contributed by atoms with E-state index in [1.54, 1.807) is 39.0 Å². The van der Waals surface area contributed by atoms with E-state index in [-0.39, 0.29) is 23.8 Å². The van der Waals surface area contributed by atoms with Crippen molar-refractivity contribution in [3.63, 3.8) is 0 Å². The molecule has 0 aliphatic carbocycles. The van der Waals surface area contributed by atoms with Crippen molar-refractivity contribution in [1.82, 2.24) is 14.7 Å². The lowest BCUT2D eigenvalue weighted by molar-refractivity contribution is 0.145. The van der Waals surface area contributed by atoms with Gasteiger partial charge in [-0.2, -0.15) is 0 Å². The smallest absolute Gasteiger partial charge is 0.414 e. The van der Waals surface area contributed by atoms with Crippen LogP contribution in [-0.4, -0.2) is 49.2 Å². The molecule has 1 fully saturated rings. The number of nitrogens with one attached hydrogen (secondary N) is 1. The van der Waals surface area contributed by atoms with Gasteiger partial charge in [0, 0.05) is 16.0 Å². The van der Waals surface area contributed by atoms with Gasteiger partial charge in [0.1, 0.15) is 6.10 Å². The van der Waals surface area contributed by atoms with Crippen molar-refractivity contribution in [2.45, 2.75) is 37.3 Å². The van der Waals surface area contributed by atoms with Crippen LogP contribution in [0.1, 0.15) is 20.8 Å². The molecule has 1 aromatic carbocycles.